The summed E-state index contributed by atoms with van der Waals surface area (Å²) in [6, 6.07) is 15.8. The molecule has 2 N–H and O–H groups in total. The summed E-state index contributed by atoms with van der Waals surface area (Å²) in [6.07, 6.45) is 0. The van der Waals surface area contributed by atoms with E-state index in [1.807, 2.05) is 36.4 Å². The van der Waals surface area contributed by atoms with Gasteiger partial charge in [0.25, 0.3) is 5.91 Å². The summed E-state index contributed by atoms with van der Waals surface area (Å²) in [5, 5.41) is 5.84. The highest BCUT2D eigenvalue weighted by molar-refractivity contribution is 6.16. The van der Waals surface area contributed by atoms with Crippen molar-refractivity contribution in [2.45, 2.75) is 6.04 Å². The summed E-state index contributed by atoms with van der Waals surface area (Å²) >= 11 is 0. The lowest BCUT2D eigenvalue weighted by molar-refractivity contribution is -0.117. The van der Waals surface area contributed by atoms with Gasteiger partial charge in [0, 0.05) is 12.1 Å². The van der Waals surface area contributed by atoms with Crippen LogP contribution in [0.4, 0.5) is 11.4 Å². The Morgan fingerprint density at radius 1 is 1.14 bits per heavy atom. The van der Waals surface area contributed by atoms with E-state index in [0.717, 1.165) is 5.69 Å². The molecule has 0 bridgehead atoms. The number of benzene rings is 2. The van der Waals surface area contributed by atoms with Crippen LogP contribution in [0.15, 0.2) is 54.6 Å². The van der Waals surface area contributed by atoms with Gasteiger partial charge < -0.3 is 10.6 Å². The Balaban J connectivity index is 2.07. The third-order valence-corrected chi connectivity index (χ3v) is 3.67. The second-order valence-electron chi connectivity index (χ2n) is 5.12. The van der Waals surface area contributed by atoms with Crippen molar-refractivity contribution in [1.29, 1.82) is 0 Å². The number of para-hydroxylation sites is 2. The van der Waals surface area contributed by atoms with E-state index < -0.39 is 6.04 Å². The first-order valence-electron chi connectivity index (χ1n) is 7.15. The molecular weight excluding hydrogens is 278 g/mol. The molecule has 1 heterocycles. The summed E-state index contributed by atoms with van der Waals surface area (Å²) in [7, 11) is 1.76. The topological polar surface area (TPSA) is 61.4 Å². The lowest BCUT2D eigenvalue weighted by Gasteiger charge is -2.36. The fourth-order valence-electron chi connectivity index (χ4n) is 2.64. The van der Waals surface area contributed by atoms with E-state index in [-0.39, 0.29) is 11.8 Å². The average molecular weight is 295 g/mol. The largest absolute Gasteiger partial charge is 0.322 e. The Morgan fingerprint density at radius 3 is 2.55 bits per heavy atom. The van der Waals surface area contributed by atoms with Crippen molar-refractivity contribution in [1.82, 2.24) is 5.32 Å². The minimum atomic E-state index is -0.576. The predicted octanol–water partition coefficient (Wildman–Crippen LogP) is 1.87. The maximum Gasteiger partial charge on any atom is 0.259 e. The molecule has 0 fully saturated rings. The third-order valence-electron chi connectivity index (χ3n) is 3.67. The van der Waals surface area contributed by atoms with Crippen LogP contribution in [-0.2, 0) is 4.79 Å². The number of nitrogens with one attached hydrogen (secondary N) is 2. The fourth-order valence-corrected chi connectivity index (χ4v) is 2.64. The van der Waals surface area contributed by atoms with Crippen LogP contribution >= 0.6 is 0 Å². The van der Waals surface area contributed by atoms with E-state index in [0.29, 0.717) is 17.8 Å². The van der Waals surface area contributed by atoms with E-state index in [9.17, 15) is 9.59 Å². The zero-order valence-corrected chi connectivity index (χ0v) is 12.2. The van der Waals surface area contributed by atoms with Crippen LogP contribution in [0, 0.1) is 0 Å². The summed E-state index contributed by atoms with van der Waals surface area (Å²) in [6.45, 7) is 0.388. The van der Waals surface area contributed by atoms with Gasteiger partial charge in [-0.2, -0.15) is 0 Å². The molecule has 1 atom stereocenters. The molecule has 0 aliphatic carbocycles. The van der Waals surface area contributed by atoms with Crippen LogP contribution in [-0.4, -0.2) is 31.4 Å². The maximum absolute atomic E-state index is 12.9. The highest BCUT2D eigenvalue weighted by atomic mass is 16.2. The van der Waals surface area contributed by atoms with Crippen molar-refractivity contribution in [3.63, 3.8) is 0 Å². The van der Waals surface area contributed by atoms with Crippen molar-refractivity contribution < 1.29 is 9.59 Å². The molecule has 5 nitrogen and oxygen atoms in total. The lowest BCUT2D eigenvalue weighted by Crippen LogP contribution is -2.55. The number of anilines is 2. The molecule has 0 saturated heterocycles. The molecule has 0 spiro atoms. The number of nitrogens with zero attached hydrogens (tertiary/aromatic N) is 1. The summed E-state index contributed by atoms with van der Waals surface area (Å²) in [4.78, 5) is 26.8. The second kappa shape index (κ2) is 5.99. The van der Waals surface area contributed by atoms with E-state index in [2.05, 4.69) is 10.6 Å². The van der Waals surface area contributed by atoms with Crippen LogP contribution in [0.25, 0.3) is 0 Å². The highest BCUT2D eigenvalue weighted by Gasteiger charge is 2.36. The zero-order valence-electron chi connectivity index (χ0n) is 12.2. The standard InChI is InChI=1S/C17H17N3O2/c1-18-11-15-16(21)19-13-9-5-6-10-14(13)20(15)17(22)12-7-3-2-4-8-12/h2-10,15,18H,11H2,1H3,(H,19,21). The molecule has 2 aromatic rings. The predicted molar refractivity (Wildman–Crippen MR) is 86.0 cm³/mol. The fraction of sp³-hybridized carbons (Fsp3) is 0.176. The average Bonchev–Trinajstić information content (AvgIpc) is 2.56. The quantitative estimate of drug-likeness (QED) is 0.909. The van der Waals surface area contributed by atoms with Gasteiger partial charge in [-0.25, -0.2) is 0 Å². The van der Waals surface area contributed by atoms with Gasteiger partial charge in [0.1, 0.15) is 6.04 Å². The molecule has 3 rings (SSSR count). The van der Waals surface area contributed by atoms with Gasteiger partial charge in [-0.15, -0.1) is 0 Å². The Labute approximate surface area is 128 Å². The van der Waals surface area contributed by atoms with Gasteiger partial charge in [0.15, 0.2) is 0 Å². The molecule has 2 aromatic carbocycles. The summed E-state index contributed by atoms with van der Waals surface area (Å²) in [5.74, 6) is -0.361. The zero-order chi connectivity index (χ0) is 15.5. The van der Waals surface area contributed by atoms with Gasteiger partial charge in [-0.3, -0.25) is 14.5 Å². The van der Waals surface area contributed by atoms with Crippen LogP contribution < -0.4 is 15.5 Å². The van der Waals surface area contributed by atoms with Gasteiger partial charge in [0.05, 0.1) is 11.4 Å². The smallest absolute Gasteiger partial charge is 0.259 e. The number of hydrogen-bond acceptors (Lipinski definition) is 3. The van der Waals surface area contributed by atoms with Crippen molar-refractivity contribution in [3.05, 3.63) is 60.2 Å². The van der Waals surface area contributed by atoms with Gasteiger partial charge in [-0.05, 0) is 31.3 Å². The number of hydrogen-bond donors (Lipinski definition) is 2. The van der Waals surface area contributed by atoms with Crippen LogP contribution in [0.2, 0.25) is 0 Å². The molecule has 1 unspecified atom stereocenters. The summed E-state index contributed by atoms with van der Waals surface area (Å²) < 4.78 is 0. The Hall–Kier alpha value is -2.66. The number of likely N-dealkylation sites (N-methyl/N-ethyl adjacent to an activating group) is 1. The molecule has 1 aliphatic rings. The van der Waals surface area contributed by atoms with Crippen molar-refractivity contribution in [3.8, 4) is 0 Å². The Kier molecular flexibility index (Phi) is 3.89. The lowest BCUT2D eigenvalue weighted by atomic mass is 10.1. The first-order valence-corrected chi connectivity index (χ1v) is 7.15. The van der Waals surface area contributed by atoms with Crippen molar-refractivity contribution >= 4 is 23.2 Å². The Bertz CT molecular complexity index is 700. The van der Waals surface area contributed by atoms with Crippen LogP contribution in [0.3, 0.4) is 0 Å². The SMILES string of the molecule is CNCC1C(=O)Nc2ccccc2N1C(=O)c1ccccc1. The van der Waals surface area contributed by atoms with Crippen LogP contribution in [0.1, 0.15) is 10.4 Å². The molecular formula is C17H17N3O2. The van der Waals surface area contributed by atoms with E-state index >= 15 is 0 Å². The second-order valence-corrected chi connectivity index (χ2v) is 5.12. The number of carbonyl (C=O) groups excluding carboxylic acids is 2. The number of rotatable bonds is 3. The molecule has 1 aliphatic heterocycles. The highest BCUT2D eigenvalue weighted by Crippen LogP contribution is 2.32. The minimum absolute atomic E-state index is 0.178. The monoisotopic (exact) mass is 295 g/mol. The van der Waals surface area contributed by atoms with Gasteiger partial charge in [-0.1, -0.05) is 30.3 Å². The number of fused-ring (bicyclic) bond motifs is 1. The number of carbonyl (C=O) groups is 2. The first-order chi connectivity index (χ1) is 10.7. The normalized spacial score (nSPS) is 16.9. The van der Waals surface area contributed by atoms with E-state index in [4.69, 9.17) is 0 Å². The van der Waals surface area contributed by atoms with Crippen molar-refractivity contribution in [2.24, 2.45) is 0 Å². The third kappa shape index (κ3) is 2.46. The molecule has 0 radical (unpaired) electrons. The summed E-state index contributed by atoms with van der Waals surface area (Å²) in [5.41, 5.74) is 1.94. The Morgan fingerprint density at radius 2 is 1.82 bits per heavy atom. The first kappa shape index (κ1) is 14.3. The van der Waals surface area contributed by atoms with E-state index in [1.54, 1.807) is 30.1 Å². The minimum Gasteiger partial charge on any atom is -0.322 e. The number of amides is 2. The maximum atomic E-state index is 12.9. The molecule has 2 amide bonds. The van der Waals surface area contributed by atoms with Crippen molar-refractivity contribution in [2.75, 3.05) is 23.8 Å². The molecule has 22 heavy (non-hydrogen) atoms. The van der Waals surface area contributed by atoms with Crippen LogP contribution in [0.5, 0.6) is 0 Å². The molecule has 5 heteroatoms. The van der Waals surface area contributed by atoms with E-state index in [1.165, 1.54) is 0 Å². The molecule has 0 aromatic heterocycles. The van der Waals surface area contributed by atoms with Gasteiger partial charge in [0.2, 0.25) is 5.91 Å². The molecule has 112 valence electrons. The van der Waals surface area contributed by atoms with Gasteiger partial charge >= 0.3 is 0 Å². The molecule has 0 saturated carbocycles.